The number of hydrogen-bond acceptors (Lipinski definition) is 9. The molecule has 1 aliphatic rings. The van der Waals surface area contributed by atoms with Crippen molar-refractivity contribution in [2.75, 3.05) is 27.4 Å². The van der Waals surface area contributed by atoms with Gasteiger partial charge in [0, 0.05) is 50.8 Å². The maximum absolute atomic E-state index is 12.5. The summed E-state index contributed by atoms with van der Waals surface area (Å²) in [5.74, 6) is -3.42. The average Bonchev–Trinajstić information content (AvgIpc) is 2.71. The highest BCUT2D eigenvalue weighted by molar-refractivity contribution is 7.10. The zero-order chi connectivity index (χ0) is 22.0. The first kappa shape index (κ1) is 25.9. The minimum atomic E-state index is -1.82. The first-order chi connectivity index (χ1) is 13.8. The van der Waals surface area contributed by atoms with Crippen LogP contribution >= 0.6 is 18.9 Å². The minimum absolute atomic E-state index is 0.0103. The normalized spacial score (nSPS) is 28.7. The zero-order valence-electron chi connectivity index (χ0n) is 16.5. The number of nitrogens with zero attached hydrogens (tertiary/aromatic N) is 3. The molecule has 1 saturated heterocycles. The quantitative estimate of drug-likeness (QED) is 0.150. The molecule has 2 N–H and O–H groups in total. The summed E-state index contributed by atoms with van der Waals surface area (Å²) < 4.78 is 26.3. The molecule has 0 aliphatic carbocycles. The lowest BCUT2D eigenvalue weighted by molar-refractivity contribution is -0.298. The number of rotatable bonds is 11. The molecule has 1 aliphatic heterocycles. The van der Waals surface area contributed by atoms with E-state index in [1.165, 1.54) is 21.1 Å². The Balaban J connectivity index is 3.37. The summed E-state index contributed by atoms with van der Waals surface area (Å²) in [5, 5.41) is 17.2. The van der Waals surface area contributed by atoms with E-state index in [9.17, 15) is 14.7 Å². The van der Waals surface area contributed by atoms with E-state index in [0.717, 1.165) is 0 Å². The third-order valence-electron chi connectivity index (χ3n) is 4.73. The van der Waals surface area contributed by atoms with Gasteiger partial charge < -0.3 is 33.7 Å². The van der Waals surface area contributed by atoms with Crippen LogP contribution in [0.3, 0.4) is 0 Å². The molecule has 1 heterocycles. The van der Waals surface area contributed by atoms with Crippen LogP contribution < -0.4 is 5.32 Å². The van der Waals surface area contributed by atoms with Gasteiger partial charge in [-0.1, -0.05) is 5.11 Å². The Hall–Kier alpha value is -1.09. The van der Waals surface area contributed by atoms with Crippen LogP contribution in [0.15, 0.2) is 5.11 Å². The Kier molecular flexibility index (Phi) is 11.2. The lowest BCUT2D eigenvalue weighted by Gasteiger charge is -2.48. The number of hydrogen-bond donors (Lipinski definition) is 2. The smallest absolute Gasteiger partial charge is 0.366 e. The number of carbonyl (C=O) groups excluding carboxylic acids is 2. The molecular weight excluding hydrogens is 426 g/mol. The molecule has 0 aromatic rings. The maximum atomic E-state index is 12.5. The van der Waals surface area contributed by atoms with Crippen molar-refractivity contribution < 1.29 is 38.0 Å². The Bertz CT molecular complexity index is 609. The molecule has 29 heavy (non-hydrogen) atoms. The van der Waals surface area contributed by atoms with Crippen LogP contribution in [0.5, 0.6) is 0 Å². The second-order valence-corrected chi connectivity index (χ2v) is 7.07. The largest absolute Gasteiger partial charge is 0.465 e. The van der Waals surface area contributed by atoms with Crippen molar-refractivity contribution >= 4 is 30.8 Å². The van der Waals surface area contributed by atoms with Crippen LogP contribution in [-0.2, 0) is 32.8 Å². The number of amides is 1. The molecule has 1 fully saturated rings. The monoisotopic (exact) mass is 454 g/mol. The standard InChI is InChI=1S/C15H28N4O8P2/c1-8(20)18-11-9(4-5-17-19-16)6-15(24-3,14(22)23-2)26-13(11)12(21)10(27-29)7-25-28/h9-13,21H,4-7,28-29H2,1-3H3,(H,18,20)/t9-,10+,11+,12+,13+,15?/m0/s1. The molecule has 14 heteroatoms. The molecule has 1 rings (SSSR count). The summed E-state index contributed by atoms with van der Waals surface area (Å²) in [7, 11) is 6.54. The second kappa shape index (κ2) is 12.6. The van der Waals surface area contributed by atoms with Crippen molar-refractivity contribution in [2.24, 2.45) is 11.0 Å². The van der Waals surface area contributed by atoms with Gasteiger partial charge in [0.15, 0.2) is 0 Å². The molecular formula is C15H28N4O8P2. The summed E-state index contributed by atoms with van der Waals surface area (Å²) in [6.45, 7) is 1.42. The van der Waals surface area contributed by atoms with E-state index in [1.54, 1.807) is 0 Å². The third-order valence-corrected chi connectivity index (χ3v) is 5.27. The lowest BCUT2D eigenvalue weighted by Crippen LogP contribution is -2.66. The number of aliphatic hydroxyl groups is 1. The fraction of sp³-hybridized carbons (Fsp3) is 0.867. The van der Waals surface area contributed by atoms with Crippen LogP contribution in [0.2, 0.25) is 0 Å². The fourth-order valence-corrected chi connectivity index (χ4v) is 3.80. The summed E-state index contributed by atoms with van der Waals surface area (Å²) in [5.41, 5.74) is 8.58. The van der Waals surface area contributed by atoms with E-state index in [2.05, 4.69) is 15.3 Å². The van der Waals surface area contributed by atoms with Gasteiger partial charge in [-0.2, -0.15) is 0 Å². The maximum Gasteiger partial charge on any atom is 0.366 e. The van der Waals surface area contributed by atoms with Gasteiger partial charge in [0.2, 0.25) is 5.91 Å². The van der Waals surface area contributed by atoms with Crippen LogP contribution in [-0.4, -0.2) is 74.5 Å². The van der Waals surface area contributed by atoms with Gasteiger partial charge in [0.25, 0.3) is 5.79 Å². The number of nitrogens with one attached hydrogen (secondary N) is 1. The summed E-state index contributed by atoms with van der Waals surface area (Å²) in [4.78, 5) is 27.0. The molecule has 0 radical (unpaired) electrons. The molecule has 0 aromatic heterocycles. The molecule has 0 saturated carbocycles. The van der Waals surface area contributed by atoms with Gasteiger partial charge in [0.1, 0.15) is 18.3 Å². The first-order valence-corrected chi connectivity index (χ1v) is 9.69. The number of esters is 1. The molecule has 0 bridgehead atoms. The highest BCUT2D eigenvalue weighted by Gasteiger charge is 2.55. The Morgan fingerprint density at radius 1 is 1.45 bits per heavy atom. The predicted molar refractivity (Wildman–Crippen MR) is 107 cm³/mol. The van der Waals surface area contributed by atoms with Crippen molar-refractivity contribution in [3.63, 3.8) is 0 Å². The van der Waals surface area contributed by atoms with Gasteiger partial charge >= 0.3 is 5.97 Å². The Labute approximate surface area is 173 Å². The van der Waals surface area contributed by atoms with E-state index in [1.807, 2.05) is 18.9 Å². The highest BCUT2D eigenvalue weighted by atomic mass is 31.0. The first-order valence-electron chi connectivity index (χ1n) is 8.74. The third kappa shape index (κ3) is 6.70. The summed E-state index contributed by atoms with van der Waals surface area (Å²) in [6, 6.07) is -0.725. The van der Waals surface area contributed by atoms with E-state index < -0.39 is 42.0 Å². The van der Waals surface area contributed by atoms with Gasteiger partial charge in [0.05, 0.1) is 19.8 Å². The molecule has 3 unspecified atom stereocenters. The summed E-state index contributed by atoms with van der Waals surface area (Å²) >= 11 is 0. The molecule has 1 amide bonds. The lowest BCUT2D eigenvalue weighted by atomic mass is 9.80. The van der Waals surface area contributed by atoms with Crippen molar-refractivity contribution in [3.8, 4) is 0 Å². The van der Waals surface area contributed by atoms with Crippen LogP contribution in [0.4, 0.5) is 0 Å². The molecule has 166 valence electrons. The molecule has 0 spiro atoms. The van der Waals surface area contributed by atoms with Gasteiger partial charge in [-0.05, 0) is 17.9 Å². The number of aliphatic hydroxyl groups excluding tert-OH is 1. The van der Waals surface area contributed by atoms with Crippen molar-refractivity contribution in [2.45, 2.75) is 49.9 Å². The Morgan fingerprint density at radius 3 is 2.62 bits per heavy atom. The van der Waals surface area contributed by atoms with Crippen molar-refractivity contribution in [1.82, 2.24) is 5.32 Å². The van der Waals surface area contributed by atoms with Crippen molar-refractivity contribution in [3.05, 3.63) is 10.4 Å². The fourth-order valence-electron chi connectivity index (χ4n) is 3.37. The SMILES string of the molecule is COC(=O)C1(OC)C[C@H](CCN=[N+]=[N-])[C@@H](NC(C)=O)[C@H]([C@H](O)[C@@H](COP)OP)O1. The number of methoxy groups -OCH3 is 2. The number of carbonyl (C=O) groups is 2. The van der Waals surface area contributed by atoms with Gasteiger partial charge in [-0.25, -0.2) is 4.79 Å². The van der Waals surface area contributed by atoms with E-state index >= 15 is 0 Å². The van der Waals surface area contributed by atoms with E-state index in [-0.39, 0.29) is 25.5 Å². The average molecular weight is 454 g/mol. The van der Waals surface area contributed by atoms with Crippen molar-refractivity contribution in [1.29, 1.82) is 0 Å². The van der Waals surface area contributed by atoms with Gasteiger partial charge in [-0.15, -0.1) is 0 Å². The number of ether oxygens (including phenoxy) is 3. The van der Waals surface area contributed by atoms with Crippen LogP contribution in [0.25, 0.3) is 10.4 Å². The zero-order valence-corrected chi connectivity index (χ0v) is 18.8. The van der Waals surface area contributed by atoms with Crippen LogP contribution in [0.1, 0.15) is 19.8 Å². The predicted octanol–water partition coefficient (Wildman–Crippen LogP) is 0.455. The molecule has 12 nitrogen and oxygen atoms in total. The summed E-state index contributed by atoms with van der Waals surface area (Å²) in [6.07, 6.45) is -2.98. The van der Waals surface area contributed by atoms with Crippen LogP contribution in [0, 0.1) is 5.92 Å². The topological polar surface area (TPSA) is 161 Å². The second-order valence-electron chi connectivity index (χ2n) is 6.46. The van der Waals surface area contributed by atoms with E-state index in [4.69, 9.17) is 28.8 Å². The van der Waals surface area contributed by atoms with Gasteiger partial charge in [-0.3, -0.25) is 4.79 Å². The Morgan fingerprint density at radius 2 is 2.14 bits per heavy atom. The molecule has 8 atom stereocenters. The minimum Gasteiger partial charge on any atom is -0.465 e. The molecule has 0 aromatic carbocycles. The number of azide groups is 1. The van der Waals surface area contributed by atoms with E-state index in [0.29, 0.717) is 6.42 Å². The highest BCUT2D eigenvalue weighted by Crippen LogP contribution is 2.38.